The normalized spacial score (nSPS) is 11.9. The number of nitrogens with one attached hydrogen (secondary N) is 1. The van der Waals surface area contributed by atoms with Gasteiger partial charge in [-0.15, -0.1) is 0 Å². The van der Waals surface area contributed by atoms with E-state index in [-0.39, 0.29) is 23.0 Å². The molecule has 1 atom stereocenters. The molecular weight excluding hydrogens is 550 g/mol. The number of hydrogen-bond donors (Lipinski definition) is 1. The standard InChI is InChI=1S/C30H36ClN3O5S/c1-5-17-32-30(36)28(6-2)33(20-23-10-7-9-22(3)18-23)29(35)21-34(25-12-8-11-24(31)19-25)40(37,38)27-15-13-26(39-4)14-16-27/h7-16,18-19,28H,5-6,17,20-21H2,1-4H3,(H,32,36)/t28-/m0/s1. The molecule has 0 aliphatic carbocycles. The molecule has 0 bridgehead atoms. The highest BCUT2D eigenvalue weighted by atomic mass is 35.5. The number of methoxy groups -OCH3 is 1. The first-order valence-electron chi connectivity index (χ1n) is 13.2. The molecule has 0 aliphatic rings. The Labute approximate surface area is 241 Å². The predicted molar refractivity (Wildman–Crippen MR) is 158 cm³/mol. The minimum atomic E-state index is -4.20. The van der Waals surface area contributed by atoms with Gasteiger partial charge in [0.25, 0.3) is 10.0 Å². The van der Waals surface area contributed by atoms with E-state index in [9.17, 15) is 18.0 Å². The van der Waals surface area contributed by atoms with Crippen LogP contribution in [-0.2, 0) is 26.2 Å². The van der Waals surface area contributed by atoms with Crippen LogP contribution in [0.25, 0.3) is 0 Å². The number of rotatable bonds is 13. The highest BCUT2D eigenvalue weighted by molar-refractivity contribution is 7.92. The molecule has 3 aromatic rings. The molecule has 0 unspecified atom stereocenters. The van der Waals surface area contributed by atoms with E-state index in [2.05, 4.69) is 5.32 Å². The molecule has 3 aromatic carbocycles. The number of carbonyl (C=O) groups excluding carboxylic acids is 2. The van der Waals surface area contributed by atoms with Crippen molar-refractivity contribution in [1.82, 2.24) is 10.2 Å². The number of carbonyl (C=O) groups is 2. The maximum Gasteiger partial charge on any atom is 0.264 e. The molecule has 214 valence electrons. The monoisotopic (exact) mass is 585 g/mol. The van der Waals surface area contributed by atoms with Crippen molar-refractivity contribution in [3.63, 3.8) is 0 Å². The van der Waals surface area contributed by atoms with E-state index in [1.165, 1.54) is 30.2 Å². The Hall–Kier alpha value is -3.56. The van der Waals surface area contributed by atoms with Crippen molar-refractivity contribution in [3.05, 3.63) is 88.9 Å². The van der Waals surface area contributed by atoms with Crippen LogP contribution in [0.3, 0.4) is 0 Å². The minimum absolute atomic E-state index is 0.0148. The lowest BCUT2D eigenvalue weighted by atomic mass is 10.1. The fourth-order valence-corrected chi connectivity index (χ4v) is 5.92. The molecule has 0 aromatic heterocycles. The maximum atomic E-state index is 14.0. The maximum absolute atomic E-state index is 14.0. The van der Waals surface area contributed by atoms with Crippen molar-refractivity contribution in [1.29, 1.82) is 0 Å². The number of hydrogen-bond acceptors (Lipinski definition) is 5. The largest absolute Gasteiger partial charge is 0.497 e. The van der Waals surface area contributed by atoms with E-state index < -0.39 is 28.5 Å². The fraction of sp³-hybridized carbons (Fsp3) is 0.333. The Morgan fingerprint density at radius 1 is 1.00 bits per heavy atom. The zero-order valence-corrected chi connectivity index (χ0v) is 24.8. The summed E-state index contributed by atoms with van der Waals surface area (Å²) >= 11 is 6.22. The predicted octanol–water partition coefficient (Wildman–Crippen LogP) is 5.19. The van der Waals surface area contributed by atoms with Crippen molar-refractivity contribution < 1.29 is 22.7 Å². The Balaban J connectivity index is 2.05. The van der Waals surface area contributed by atoms with Crippen LogP contribution in [0, 0.1) is 6.92 Å². The van der Waals surface area contributed by atoms with E-state index in [0.29, 0.717) is 23.7 Å². The Kier molecular flexibility index (Phi) is 11.0. The first-order chi connectivity index (χ1) is 19.1. The molecule has 0 saturated heterocycles. The van der Waals surface area contributed by atoms with Crippen LogP contribution in [0.5, 0.6) is 5.75 Å². The summed E-state index contributed by atoms with van der Waals surface area (Å²) in [5.41, 5.74) is 2.08. The summed E-state index contributed by atoms with van der Waals surface area (Å²) in [6.07, 6.45) is 1.10. The first kappa shape index (κ1) is 31.0. The number of ether oxygens (including phenoxy) is 1. The van der Waals surface area contributed by atoms with Gasteiger partial charge in [-0.25, -0.2) is 8.42 Å². The number of benzene rings is 3. The average Bonchev–Trinajstić information content (AvgIpc) is 2.94. The van der Waals surface area contributed by atoms with Gasteiger partial charge in [0.1, 0.15) is 18.3 Å². The van der Waals surface area contributed by atoms with Crippen LogP contribution in [0.1, 0.15) is 37.8 Å². The van der Waals surface area contributed by atoms with E-state index in [0.717, 1.165) is 21.9 Å². The number of halogens is 1. The summed E-state index contributed by atoms with van der Waals surface area (Å²) in [4.78, 5) is 28.6. The fourth-order valence-electron chi connectivity index (χ4n) is 4.33. The van der Waals surface area contributed by atoms with E-state index in [4.69, 9.17) is 16.3 Å². The third-order valence-electron chi connectivity index (χ3n) is 6.39. The number of amides is 2. The van der Waals surface area contributed by atoms with Crippen molar-refractivity contribution in [2.45, 2.75) is 51.1 Å². The summed E-state index contributed by atoms with van der Waals surface area (Å²) in [7, 11) is -2.71. The molecule has 0 radical (unpaired) electrons. The Morgan fingerprint density at radius 2 is 1.70 bits per heavy atom. The van der Waals surface area contributed by atoms with Crippen LogP contribution in [0.2, 0.25) is 5.02 Å². The molecule has 0 saturated carbocycles. The van der Waals surface area contributed by atoms with Crippen LogP contribution >= 0.6 is 11.6 Å². The zero-order valence-electron chi connectivity index (χ0n) is 23.3. The zero-order chi connectivity index (χ0) is 29.3. The second-order valence-corrected chi connectivity index (χ2v) is 11.7. The average molecular weight is 586 g/mol. The van der Waals surface area contributed by atoms with Crippen molar-refractivity contribution in [2.24, 2.45) is 0 Å². The molecule has 0 aliphatic heterocycles. The van der Waals surface area contributed by atoms with Gasteiger partial charge in [0.05, 0.1) is 17.7 Å². The van der Waals surface area contributed by atoms with Gasteiger partial charge in [-0.3, -0.25) is 13.9 Å². The minimum Gasteiger partial charge on any atom is -0.497 e. The summed E-state index contributed by atoms with van der Waals surface area (Å²) < 4.78 is 34.0. The highest BCUT2D eigenvalue weighted by Gasteiger charge is 2.33. The van der Waals surface area contributed by atoms with Gasteiger partial charge in [0.2, 0.25) is 11.8 Å². The molecule has 3 rings (SSSR count). The number of anilines is 1. The molecule has 0 fully saturated rings. The smallest absolute Gasteiger partial charge is 0.264 e. The van der Waals surface area contributed by atoms with Gasteiger partial charge in [-0.1, -0.05) is 61.3 Å². The second-order valence-electron chi connectivity index (χ2n) is 9.39. The summed E-state index contributed by atoms with van der Waals surface area (Å²) in [6.45, 7) is 5.81. The molecule has 8 nitrogen and oxygen atoms in total. The molecule has 1 N–H and O–H groups in total. The molecular formula is C30H36ClN3O5S. The van der Waals surface area contributed by atoms with Gasteiger partial charge in [-0.05, 0) is 67.8 Å². The summed E-state index contributed by atoms with van der Waals surface area (Å²) in [6, 6.07) is 19.1. The lowest BCUT2D eigenvalue weighted by molar-refractivity contribution is -0.140. The number of sulfonamides is 1. The van der Waals surface area contributed by atoms with E-state index >= 15 is 0 Å². The van der Waals surface area contributed by atoms with Gasteiger partial charge in [0, 0.05) is 18.1 Å². The van der Waals surface area contributed by atoms with Crippen LogP contribution in [0.4, 0.5) is 5.69 Å². The molecule has 0 heterocycles. The van der Waals surface area contributed by atoms with Gasteiger partial charge in [0.15, 0.2) is 0 Å². The Bertz CT molecular complexity index is 1410. The third kappa shape index (κ3) is 7.76. The molecule has 0 spiro atoms. The quantitative estimate of drug-likeness (QED) is 0.298. The molecule has 40 heavy (non-hydrogen) atoms. The lowest BCUT2D eigenvalue weighted by Gasteiger charge is -2.33. The lowest BCUT2D eigenvalue weighted by Crippen LogP contribution is -2.52. The number of nitrogens with zero attached hydrogens (tertiary/aromatic N) is 2. The van der Waals surface area contributed by atoms with E-state index in [1.807, 2.05) is 45.0 Å². The molecule has 2 amide bonds. The summed E-state index contributed by atoms with van der Waals surface area (Å²) in [5.74, 6) is -0.299. The van der Waals surface area contributed by atoms with Crippen LogP contribution in [-0.4, -0.2) is 51.4 Å². The first-order valence-corrected chi connectivity index (χ1v) is 15.0. The van der Waals surface area contributed by atoms with Gasteiger partial charge in [-0.2, -0.15) is 0 Å². The van der Waals surface area contributed by atoms with Gasteiger partial charge >= 0.3 is 0 Å². The Morgan fingerprint density at radius 3 is 2.30 bits per heavy atom. The summed E-state index contributed by atoms with van der Waals surface area (Å²) in [5, 5.41) is 3.20. The van der Waals surface area contributed by atoms with E-state index in [1.54, 1.807) is 30.3 Å². The van der Waals surface area contributed by atoms with Crippen LogP contribution < -0.4 is 14.4 Å². The van der Waals surface area contributed by atoms with Crippen molar-refractivity contribution in [2.75, 3.05) is 24.5 Å². The van der Waals surface area contributed by atoms with Gasteiger partial charge < -0.3 is 15.0 Å². The molecule has 10 heteroatoms. The third-order valence-corrected chi connectivity index (χ3v) is 8.42. The van der Waals surface area contributed by atoms with Crippen molar-refractivity contribution in [3.8, 4) is 5.75 Å². The number of aryl methyl sites for hydroxylation is 1. The topological polar surface area (TPSA) is 96.0 Å². The van der Waals surface area contributed by atoms with Crippen LogP contribution in [0.15, 0.2) is 77.7 Å². The SMILES string of the molecule is CCCNC(=O)[C@H](CC)N(Cc1cccc(C)c1)C(=O)CN(c1cccc(Cl)c1)S(=O)(=O)c1ccc(OC)cc1. The van der Waals surface area contributed by atoms with Crippen molar-refractivity contribution >= 4 is 39.1 Å². The highest BCUT2D eigenvalue weighted by Crippen LogP contribution is 2.28. The second kappa shape index (κ2) is 14.2.